The summed E-state index contributed by atoms with van der Waals surface area (Å²) in [5, 5.41) is 4.02. The number of ether oxygens (including phenoxy) is 2. The maximum absolute atomic E-state index is 12.2. The van der Waals surface area contributed by atoms with Gasteiger partial charge in [0.1, 0.15) is 11.5 Å². The predicted molar refractivity (Wildman–Crippen MR) is 105 cm³/mol. The summed E-state index contributed by atoms with van der Waals surface area (Å²) >= 11 is 0. The number of hydrogen-bond acceptors (Lipinski definition) is 5. The molecule has 0 fully saturated rings. The first-order chi connectivity index (χ1) is 12.6. The van der Waals surface area contributed by atoms with Gasteiger partial charge in [-0.25, -0.2) is 5.43 Å². The Labute approximate surface area is 154 Å². The van der Waals surface area contributed by atoms with Crippen molar-refractivity contribution in [2.75, 3.05) is 32.2 Å². The standard InChI is InChI=1S/C20H25N3O3/c1-5-23(6-2)17-10-7-15(8-11-17)20(24)22-21-14-16-9-12-18(25-3)13-19(16)26-4/h7-14H,5-6H2,1-4H3,(H,22,24)/b21-14+. The molecule has 0 heterocycles. The van der Waals surface area contributed by atoms with Crippen LogP contribution in [0, 0.1) is 0 Å². The second-order valence-corrected chi connectivity index (χ2v) is 5.53. The van der Waals surface area contributed by atoms with Gasteiger partial charge in [0.2, 0.25) is 0 Å². The van der Waals surface area contributed by atoms with E-state index in [0.717, 1.165) is 24.3 Å². The molecule has 0 radical (unpaired) electrons. The number of hydrogen-bond donors (Lipinski definition) is 1. The fourth-order valence-corrected chi connectivity index (χ4v) is 2.56. The summed E-state index contributed by atoms with van der Waals surface area (Å²) in [4.78, 5) is 14.4. The molecule has 2 rings (SSSR count). The Morgan fingerprint density at radius 3 is 2.35 bits per heavy atom. The van der Waals surface area contributed by atoms with Crippen LogP contribution >= 0.6 is 0 Å². The molecule has 0 aromatic heterocycles. The number of anilines is 1. The van der Waals surface area contributed by atoms with Crippen LogP contribution in [0.25, 0.3) is 0 Å². The summed E-state index contributed by atoms with van der Waals surface area (Å²) in [7, 11) is 3.16. The first-order valence-corrected chi connectivity index (χ1v) is 8.53. The number of benzene rings is 2. The van der Waals surface area contributed by atoms with Crippen LogP contribution in [-0.2, 0) is 0 Å². The van der Waals surface area contributed by atoms with Gasteiger partial charge in [0.05, 0.1) is 20.4 Å². The van der Waals surface area contributed by atoms with Crippen molar-refractivity contribution >= 4 is 17.8 Å². The van der Waals surface area contributed by atoms with E-state index in [4.69, 9.17) is 9.47 Å². The van der Waals surface area contributed by atoms with Crippen molar-refractivity contribution in [3.63, 3.8) is 0 Å². The first kappa shape index (κ1) is 19.3. The highest BCUT2D eigenvalue weighted by molar-refractivity contribution is 5.95. The number of rotatable bonds is 8. The summed E-state index contributed by atoms with van der Waals surface area (Å²) < 4.78 is 10.5. The molecule has 1 N–H and O–H groups in total. The Bertz CT molecular complexity index is 753. The maximum atomic E-state index is 12.2. The highest BCUT2D eigenvalue weighted by Gasteiger charge is 2.07. The molecule has 2 aromatic rings. The highest BCUT2D eigenvalue weighted by Crippen LogP contribution is 2.23. The maximum Gasteiger partial charge on any atom is 0.271 e. The fraction of sp³-hybridized carbons (Fsp3) is 0.300. The van der Waals surface area contributed by atoms with Crippen molar-refractivity contribution in [1.29, 1.82) is 0 Å². The van der Waals surface area contributed by atoms with Gasteiger partial charge in [-0.1, -0.05) is 0 Å². The zero-order valence-corrected chi connectivity index (χ0v) is 15.7. The van der Waals surface area contributed by atoms with Gasteiger partial charge in [0.15, 0.2) is 0 Å². The second-order valence-electron chi connectivity index (χ2n) is 5.53. The van der Waals surface area contributed by atoms with Crippen LogP contribution in [0.15, 0.2) is 47.6 Å². The normalized spacial score (nSPS) is 10.6. The molecular weight excluding hydrogens is 330 g/mol. The molecule has 0 saturated carbocycles. The molecule has 0 bridgehead atoms. The van der Waals surface area contributed by atoms with Gasteiger partial charge in [-0.2, -0.15) is 5.10 Å². The topological polar surface area (TPSA) is 63.2 Å². The Morgan fingerprint density at radius 2 is 1.77 bits per heavy atom. The number of carbonyl (C=O) groups excluding carboxylic acids is 1. The zero-order chi connectivity index (χ0) is 18.9. The van der Waals surface area contributed by atoms with E-state index in [1.807, 2.05) is 18.2 Å². The molecule has 0 unspecified atom stereocenters. The number of nitrogens with one attached hydrogen (secondary N) is 1. The number of amides is 1. The Balaban J connectivity index is 2.03. The van der Waals surface area contributed by atoms with Crippen molar-refractivity contribution in [2.45, 2.75) is 13.8 Å². The van der Waals surface area contributed by atoms with E-state index < -0.39 is 0 Å². The largest absolute Gasteiger partial charge is 0.497 e. The van der Waals surface area contributed by atoms with Gasteiger partial charge in [0.25, 0.3) is 5.91 Å². The van der Waals surface area contributed by atoms with Crippen LogP contribution in [0.2, 0.25) is 0 Å². The van der Waals surface area contributed by atoms with Gasteiger partial charge in [-0.05, 0) is 50.2 Å². The summed E-state index contributed by atoms with van der Waals surface area (Å²) in [6.07, 6.45) is 1.54. The number of methoxy groups -OCH3 is 2. The lowest BCUT2D eigenvalue weighted by atomic mass is 10.2. The average Bonchev–Trinajstić information content (AvgIpc) is 2.69. The van der Waals surface area contributed by atoms with Crippen molar-refractivity contribution < 1.29 is 14.3 Å². The molecule has 138 valence electrons. The van der Waals surface area contributed by atoms with E-state index in [1.54, 1.807) is 44.7 Å². The molecule has 0 spiro atoms. The Hall–Kier alpha value is -3.02. The molecule has 1 amide bonds. The monoisotopic (exact) mass is 355 g/mol. The molecule has 2 aromatic carbocycles. The average molecular weight is 355 g/mol. The number of nitrogens with zero attached hydrogens (tertiary/aromatic N) is 2. The van der Waals surface area contributed by atoms with Gasteiger partial charge in [-0.15, -0.1) is 0 Å². The molecule has 0 aliphatic carbocycles. The lowest BCUT2D eigenvalue weighted by Crippen LogP contribution is -2.22. The summed E-state index contributed by atoms with van der Waals surface area (Å²) in [6, 6.07) is 12.9. The summed E-state index contributed by atoms with van der Waals surface area (Å²) in [5.41, 5.74) is 4.93. The van der Waals surface area contributed by atoms with Crippen molar-refractivity contribution in [1.82, 2.24) is 5.43 Å². The number of hydrazone groups is 1. The molecule has 26 heavy (non-hydrogen) atoms. The van der Waals surface area contributed by atoms with Gasteiger partial charge < -0.3 is 14.4 Å². The lowest BCUT2D eigenvalue weighted by Gasteiger charge is -2.20. The second kappa shape index (κ2) is 9.46. The summed E-state index contributed by atoms with van der Waals surface area (Å²) in [5.74, 6) is 1.04. The van der Waals surface area contributed by atoms with Crippen molar-refractivity contribution in [3.8, 4) is 11.5 Å². The van der Waals surface area contributed by atoms with E-state index in [9.17, 15) is 4.79 Å². The highest BCUT2D eigenvalue weighted by atomic mass is 16.5. The van der Waals surface area contributed by atoms with E-state index in [1.165, 1.54) is 0 Å². The quantitative estimate of drug-likeness (QED) is 0.583. The Morgan fingerprint density at radius 1 is 1.08 bits per heavy atom. The zero-order valence-electron chi connectivity index (χ0n) is 15.7. The van der Waals surface area contributed by atoms with Crippen LogP contribution in [0.3, 0.4) is 0 Å². The molecule has 6 nitrogen and oxygen atoms in total. The minimum Gasteiger partial charge on any atom is -0.497 e. The lowest BCUT2D eigenvalue weighted by molar-refractivity contribution is 0.0955. The third-order valence-electron chi connectivity index (χ3n) is 4.07. The van der Waals surface area contributed by atoms with E-state index in [0.29, 0.717) is 17.1 Å². The molecule has 0 aliphatic rings. The SMILES string of the molecule is CCN(CC)c1ccc(C(=O)N/N=C/c2ccc(OC)cc2OC)cc1. The van der Waals surface area contributed by atoms with Crippen molar-refractivity contribution in [2.24, 2.45) is 5.10 Å². The molecule has 0 saturated heterocycles. The van der Waals surface area contributed by atoms with Crippen LogP contribution in [0.4, 0.5) is 5.69 Å². The van der Waals surface area contributed by atoms with Crippen LogP contribution in [0.5, 0.6) is 11.5 Å². The van der Waals surface area contributed by atoms with Gasteiger partial charge >= 0.3 is 0 Å². The van der Waals surface area contributed by atoms with Crippen LogP contribution in [-0.4, -0.2) is 39.4 Å². The minimum absolute atomic E-state index is 0.264. The molecular formula is C20H25N3O3. The van der Waals surface area contributed by atoms with E-state index in [2.05, 4.69) is 29.3 Å². The van der Waals surface area contributed by atoms with Crippen LogP contribution < -0.4 is 19.8 Å². The third kappa shape index (κ3) is 4.75. The Kier molecular flexibility index (Phi) is 7.02. The third-order valence-corrected chi connectivity index (χ3v) is 4.07. The van der Waals surface area contributed by atoms with Gasteiger partial charge in [0, 0.05) is 36.0 Å². The molecule has 0 aliphatic heterocycles. The van der Waals surface area contributed by atoms with E-state index in [-0.39, 0.29) is 5.91 Å². The van der Waals surface area contributed by atoms with Crippen LogP contribution in [0.1, 0.15) is 29.8 Å². The molecule has 0 atom stereocenters. The smallest absolute Gasteiger partial charge is 0.271 e. The van der Waals surface area contributed by atoms with Gasteiger partial charge in [-0.3, -0.25) is 4.79 Å². The van der Waals surface area contributed by atoms with Crippen molar-refractivity contribution in [3.05, 3.63) is 53.6 Å². The van der Waals surface area contributed by atoms with E-state index >= 15 is 0 Å². The predicted octanol–water partition coefficient (Wildman–Crippen LogP) is 3.31. The number of carbonyl (C=O) groups is 1. The molecule has 6 heteroatoms. The fourth-order valence-electron chi connectivity index (χ4n) is 2.56. The summed E-state index contributed by atoms with van der Waals surface area (Å²) in [6.45, 7) is 6.06. The minimum atomic E-state index is -0.264. The first-order valence-electron chi connectivity index (χ1n) is 8.53.